The van der Waals surface area contributed by atoms with Crippen molar-refractivity contribution in [3.05, 3.63) is 99.6 Å². The van der Waals surface area contributed by atoms with E-state index in [4.69, 9.17) is 9.47 Å². The van der Waals surface area contributed by atoms with Gasteiger partial charge in [0.25, 0.3) is 5.69 Å². The van der Waals surface area contributed by atoms with Gasteiger partial charge in [-0.3, -0.25) is 14.9 Å². The summed E-state index contributed by atoms with van der Waals surface area (Å²) in [6.07, 6.45) is 0. The second kappa shape index (κ2) is 9.50. The van der Waals surface area contributed by atoms with Crippen LogP contribution in [0.25, 0.3) is 22.2 Å². The maximum absolute atomic E-state index is 13.0. The highest BCUT2D eigenvalue weighted by atomic mass is 16.6. The predicted octanol–water partition coefficient (Wildman–Crippen LogP) is 5.17. The molecule has 1 heterocycles. The number of hydrogen-bond donors (Lipinski definition) is 0. The number of nitro benzene ring substituents is 1. The SMILES string of the molecule is COc1ccc(-c2cc(C(=O)OCC(=O)c3ccc([N+](=O)[O-])cc3)c3cc(C)ccc3n2)cc1. The Bertz CT molecular complexity index is 1400. The molecule has 0 aliphatic carbocycles. The van der Waals surface area contributed by atoms with Gasteiger partial charge in [0.1, 0.15) is 5.75 Å². The molecule has 0 aliphatic heterocycles. The standard InChI is InChI=1S/C26H20N2O6/c1-16-3-12-23-21(13-16)22(14-24(27-23)17-6-10-20(33-2)11-7-17)26(30)34-15-25(29)18-4-8-19(9-5-18)28(31)32/h3-14H,15H2,1-2H3. The van der Waals surface area contributed by atoms with Crippen LogP contribution >= 0.6 is 0 Å². The van der Waals surface area contributed by atoms with Crippen LogP contribution in [0, 0.1) is 17.0 Å². The van der Waals surface area contributed by atoms with E-state index in [0.29, 0.717) is 22.3 Å². The largest absolute Gasteiger partial charge is 0.497 e. The first-order valence-electron chi connectivity index (χ1n) is 10.4. The van der Waals surface area contributed by atoms with Crippen molar-refractivity contribution in [1.82, 2.24) is 4.98 Å². The van der Waals surface area contributed by atoms with E-state index in [0.717, 1.165) is 11.1 Å². The van der Waals surface area contributed by atoms with Gasteiger partial charge in [-0.1, -0.05) is 11.6 Å². The van der Waals surface area contributed by atoms with Gasteiger partial charge in [0, 0.05) is 28.6 Å². The van der Waals surface area contributed by atoms with E-state index in [-0.39, 0.29) is 16.8 Å². The number of Topliss-reactive ketones (excluding diaryl/α,β-unsaturated/α-hetero) is 1. The lowest BCUT2D eigenvalue weighted by Crippen LogP contribution is -2.15. The number of nitro groups is 1. The summed E-state index contributed by atoms with van der Waals surface area (Å²) in [5.74, 6) is -0.430. The van der Waals surface area contributed by atoms with Gasteiger partial charge in [0.05, 0.1) is 28.8 Å². The first-order valence-corrected chi connectivity index (χ1v) is 10.4. The molecule has 4 rings (SSSR count). The highest BCUT2D eigenvalue weighted by Gasteiger charge is 2.18. The second-order valence-corrected chi connectivity index (χ2v) is 7.61. The molecule has 0 unspecified atom stereocenters. The molecule has 0 atom stereocenters. The number of carbonyl (C=O) groups excluding carboxylic acids is 2. The third-order valence-corrected chi connectivity index (χ3v) is 5.30. The number of ether oxygens (including phenoxy) is 2. The molecule has 1 aromatic heterocycles. The zero-order chi connectivity index (χ0) is 24.2. The Morgan fingerprint density at radius 2 is 1.68 bits per heavy atom. The third kappa shape index (κ3) is 4.75. The highest BCUT2D eigenvalue weighted by molar-refractivity contribution is 6.06. The first kappa shape index (κ1) is 22.6. The molecule has 0 amide bonds. The molecule has 0 fully saturated rings. The summed E-state index contributed by atoms with van der Waals surface area (Å²) in [7, 11) is 1.58. The van der Waals surface area contributed by atoms with Crippen molar-refractivity contribution in [2.45, 2.75) is 6.92 Å². The van der Waals surface area contributed by atoms with Gasteiger partial charge < -0.3 is 9.47 Å². The van der Waals surface area contributed by atoms with Crippen molar-refractivity contribution in [1.29, 1.82) is 0 Å². The average Bonchev–Trinajstić information content (AvgIpc) is 2.86. The Hall–Kier alpha value is -4.59. The number of aromatic nitrogens is 1. The summed E-state index contributed by atoms with van der Waals surface area (Å²) < 4.78 is 10.5. The van der Waals surface area contributed by atoms with Crippen LogP contribution in [0.1, 0.15) is 26.3 Å². The second-order valence-electron chi connectivity index (χ2n) is 7.61. The van der Waals surface area contributed by atoms with Crippen LogP contribution in [0.2, 0.25) is 0 Å². The molecule has 0 spiro atoms. The van der Waals surface area contributed by atoms with Gasteiger partial charge in [-0.2, -0.15) is 0 Å². The lowest BCUT2D eigenvalue weighted by Gasteiger charge is -2.11. The summed E-state index contributed by atoms with van der Waals surface area (Å²) in [5, 5.41) is 11.4. The topological polar surface area (TPSA) is 109 Å². The summed E-state index contributed by atoms with van der Waals surface area (Å²) in [6.45, 7) is 1.41. The Morgan fingerprint density at radius 1 is 0.971 bits per heavy atom. The lowest BCUT2D eigenvalue weighted by molar-refractivity contribution is -0.384. The maximum atomic E-state index is 13.0. The molecule has 8 nitrogen and oxygen atoms in total. The van der Waals surface area contributed by atoms with Crippen LogP contribution < -0.4 is 4.74 Å². The average molecular weight is 456 g/mol. The number of hydrogen-bond acceptors (Lipinski definition) is 7. The van der Waals surface area contributed by atoms with Crippen molar-refractivity contribution in [2.24, 2.45) is 0 Å². The van der Waals surface area contributed by atoms with Crippen molar-refractivity contribution in [3.63, 3.8) is 0 Å². The number of benzene rings is 3. The zero-order valence-corrected chi connectivity index (χ0v) is 18.5. The molecule has 0 radical (unpaired) electrons. The van der Waals surface area contributed by atoms with Crippen molar-refractivity contribution < 1.29 is 24.0 Å². The number of rotatable bonds is 7. The van der Waals surface area contributed by atoms with Crippen LogP contribution in [0.3, 0.4) is 0 Å². The minimum absolute atomic E-state index is 0.127. The van der Waals surface area contributed by atoms with Gasteiger partial charge in [-0.15, -0.1) is 0 Å². The summed E-state index contributed by atoms with van der Waals surface area (Å²) in [5.41, 5.74) is 3.31. The smallest absolute Gasteiger partial charge is 0.339 e. The van der Waals surface area contributed by atoms with E-state index in [1.54, 1.807) is 25.3 Å². The van der Waals surface area contributed by atoms with Crippen molar-refractivity contribution in [2.75, 3.05) is 13.7 Å². The Morgan fingerprint density at radius 3 is 2.32 bits per heavy atom. The maximum Gasteiger partial charge on any atom is 0.339 e. The number of esters is 1. The van der Waals surface area contributed by atoms with E-state index in [1.165, 1.54) is 24.3 Å². The summed E-state index contributed by atoms with van der Waals surface area (Å²) in [6, 6.07) is 19.6. The fourth-order valence-electron chi connectivity index (χ4n) is 3.48. The fraction of sp³-hybridized carbons (Fsp3) is 0.115. The van der Waals surface area contributed by atoms with Crippen LogP contribution in [0.5, 0.6) is 5.75 Å². The normalized spacial score (nSPS) is 10.6. The molecule has 4 aromatic rings. The van der Waals surface area contributed by atoms with E-state index in [2.05, 4.69) is 4.98 Å². The number of aryl methyl sites for hydroxylation is 1. The third-order valence-electron chi connectivity index (χ3n) is 5.30. The van der Waals surface area contributed by atoms with E-state index >= 15 is 0 Å². The van der Waals surface area contributed by atoms with Crippen LogP contribution in [0.4, 0.5) is 5.69 Å². The Labute approximate surface area is 194 Å². The molecule has 0 saturated carbocycles. The van der Waals surface area contributed by atoms with Gasteiger partial charge in [-0.05, 0) is 61.5 Å². The van der Waals surface area contributed by atoms with Gasteiger partial charge >= 0.3 is 5.97 Å². The number of nitrogens with zero attached hydrogens (tertiary/aromatic N) is 2. The fourth-order valence-corrected chi connectivity index (χ4v) is 3.48. The van der Waals surface area contributed by atoms with E-state index < -0.39 is 23.3 Å². The van der Waals surface area contributed by atoms with E-state index in [1.807, 2.05) is 37.3 Å². The Kier molecular flexibility index (Phi) is 6.31. The monoisotopic (exact) mass is 456 g/mol. The molecule has 170 valence electrons. The van der Waals surface area contributed by atoms with Gasteiger partial charge in [-0.25, -0.2) is 9.78 Å². The molecule has 0 N–H and O–H groups in total. The number of carbonyl (C=O) groups is 2. The molecular weight excluding hydrogens is 436 g/mol. The van der Waals surface area contributed by atoms with Gasteiger partial charge in [0.15, 0.2) is 12.4 Å². The minimum atomic E-state index is -0.664. The minimum Gasteiger partial charge on any atom is -0.497 e. The number of non-ortho nitro benzene ring substituents is 1. The van der Waals surface area contributed by atoms with Crippen molar-refractivity contribution >= 4 is 28.3 Å². The van der Waals surface area contributed by atoms with Crippen LogP contribution in [0.15, 0.2) is 72.8 Å². The predicted molar refractivity (Wildman–Crippen MR) is 126 cm³/mol. The highest BCUT2D eigenvalue weighted by Crippen LogP contribution is 2.27. The van der Waals surface area contributed by atoms with E-state index in [9.17, 15) is 19.7 Å². The molecule has 0 saturated heterocycles. The van der Waals surface area contributed by atoms with Crippen molar-refractivity contribution in [3.8, 4) is 17.0 Å². The zero-order valence-electron chi connectivity index (χ0n) is 18.5. The van der Waals surface area contributed by atoms with Crippen LogP contribution in [-0.4, -0.2) is 35.4 Å². The van der Waals surface area contributed by atoms with Crippen LogP contribution in [-0.2, 0) is 4.74 Å². The number of methoxy groups -OCH3 is 1. The number of pyridine rings is 1. The molecular formula is C26H20N2O6. The quantitative estimate of drug-likeness (QED) is 0.163. The number of fused-ring (bicyclic) bond motifs is 1. The summed E-state index contributed by atoms with van der Waals surface area (Å²) in [4.78, 5) is 40.4. The van der Waals surface area contributed by atoms with Gasteiger partial charge in [0.2, 0.25) is 0 Å². The Balaban J connectivity index is 1.62. The molecule has 3 aromatic carbocycles. The lowest BCUT2D eigenvalue weighted by atomic mass is 10.0. The summed E-state index contributed by atoms with van der Waals surface area (Å²) >= 11 is 0. The number of ketones is 1. The molecule has 8 heteroatoms. The molecule has 0 bridgehead atoms. The first-order chi connectivity index (χ1) is 16.4. The molecule has 0 aliphatic rings. The molecule has 34 heavy (non-hydrogen) atoms.